The van der Waals surface area contributed by atoms with E-state index in [0.717, 1.165) is 0 Å². The number of hydrogen-bond donors (Lipinski definition) is 1. The molecule has 0 unspecified atom stereocenters. The lowest BCUT2D eigenvalue weighted by molar-refractivity contribution is -0.142. The average Bonchev–Trinajstić information content (AvgIpc) is 2.37. The molecule has 0 fully saturated rings. The molecular weight excluding hydrogens is 270 g/mol. The zero-order chi connectivity index (χ0) is 14.5. The van der Waals surface area contributed by atoms with Gasteiger partial charge < -0.3 is 9.47 Å². The van der Waals surface area contributed by atoms with Crippen LogP contribution in [0.3, 0.4) is 0 Å². The standard InChI is InChI=1S/C12H17NO5S/c1-9(2)19(15,16)13-10-4-6-11(7-5-10)18-8-12(14)17-3/h4-7,9,13H,8H2,1-3H3. The van der Waals surface area contributed by atoms with Gasteiger partial charge in [0.05, 0.1) is 12.4 Å². The molecule has 0 amide bonds. The first-order valence-electron chi connectivity index (χ1n) is 5.66. The van der Waals surface area contributed by atoms with Crippen molar-refractivity contribution in [3.05, 3.63) is 24.3 Å². The smallest absolute Gasteiger partial charge is 0.343 e. The van der Waals surface area contributed by atoms with Gasteiger partial charge in [-0.2, -0.15) is 0 Å². The Balaban J connectivity index is 2.64. The maximum Gasteiger partial charge on any atom is 0.343 e. The topological polar surface area (TPSA) is 81.7 Å². The van der Waals surface area contributed by atoms with Crippen LogP contribution >= 0.6 is 0 Å². The van der Waals surface area contributed by atoms with Crippen molar-refractivity contribution in [2.24, 2.45) is 0 Å². The minimum absolute atomic E-state index is 0.187. The summed E-state index contributed by atoms with van der Waals surface area (Å²) in [4.78, 5) is 10.9. The number of sulfonamides is 1. The van der Waals surface area contributed by atoms with Crippen LogP contribution in [0.4, 0.5) is 5.69 Å². The van der Waals surface area contributed by atoms with Crippen molar-refractivity contribution in [2.75, 3.05) is 18.4 Å². The molecule has 1 N–H and O–H groups in total. The third-order valence-corrected chi connectivity index (χ3v) is 4.08. The third kappa shape index (κ3) is 4.78. The second kappa shape index (κ2) is 6.42. The average molecular weight is 287 g/mol. The molecule has 0 atom stereocenters. The Labute approximate surface area is 112 Å². The van der Waals surface area contributed by atoms with Gasteiger partial charge in [-0.25, -0.2) is 13.2 Å². The molecule has 0 spiro atoms. The molecule has 1 rings (SSSR count). The number of benzene rings is 1. The maximum absolute atomic E-state index is 11.6. The van der Waals surface area contributed by atoms with Crippen LogP contribution in [0.2, 0.25) is 0 Å². The van der Waals surface area contributed by atoms with Crippen LogP contribution in [-0.2, 0) is 19.6 Å². The Hall–Kier alpha value is -1.76. The molecule has 0 saturated carbocycles. The van der Waals surface area contributed by atoms with Crippen LogP contribution in [-0.4, -0.2) is 33.4 Å². The van der Waals surface area contributed by atoms with E-state index < -0.39 is 21.2 Å². The van der Waals surface area contributed by atoms with Crippen molar-refractivity contribution in [1.82, 2.24) is 0 Å². The number of ether oxygens (including phenoxy) is 2. The molecule has 0 aliphatic rings. The van der Waals surface area contributed by atoms with Gasteiger partial charge in [0.25, 0.3) is 0 Å². The molecular formula is C12H17NO5S. The molecule has 1 aromatic rings. The first kappa shape index (κ1) is 15.3. The Morgan fingerprint density at radius 2 is 1.84 bits per heavy atom. The van der Waals surface area contributed by atoms with E-state index in [2.05, 4.69) is 9.46 Å². The monoisotopic (exact) mass is 287 g/mol. The van der Waals surface area contributed by atoms with Crippen molar-refractivity contribution in [3.63, 3.8) is 0 Å². The molecule has 0 aromatic heterocycles. The Bertz CT molecular complexity index is 522. The summed E-state index contributed by atoms with van der Waals surface area (Å²) in [6.07, 6.45) is 0. The maximum atomic E-state index is 11.6. The van der Waals surface area contributed by atoms with Gasteiger partial charge in [0.1, 0.15) is 5.75 Å². The second-order valence-electron chi connectivity index (χ2n) is 4.09. The molecule has 0 radical (unpaired) electrons. The highest BCUT2D eigenvalue weighted by molar-refractivity contribution is 7.93. The predicted molar refractivity (Wildman–Crippen MR) is 71.6 cm³/mol. The van der Waals surface area contributed by atoms with E-state index in [1.54, 1.807) is 38.1 Å². The molecule has 0 saturated heterocycles. The first-order valence-corrected chi connectivity index (χ1v) is 7.21. The second-order valence-corrected chi connectivity index (χ2v) is 6.32. The van der Waals surface area contributed by atoms with Gasteiger partial charge in [-0.05, 0) is 38.1 Å². The Kier molecular flexibility index (Phi) is 5.17. The molecule has 0 heterocycles. The van der Waals surface area contributed by atoms with Crippen molar-refractivity contribution in [2.45, 2.75) is 19.1 Å². The van der Waals surface area contributed by atoms with Gasteiger partial charge in [0.15, 0.2) is 6.61 Å². The van der Waals surface area contributed by atoms with Gasteiger partial charge in [0, 0.05) is 5.69 Å². The highest BCUT2D eigenvalue weighted by atomic mass is 32.2. The fourth-order valence-corrected chi connectivity index (χ4v) is 1.80. The highest BCUT2D eigenvalue weighted by Crippen LogP contribution is 2.17. The van der Waals surface area contributed by atoms with Gasteiger partial charge in [0.2, 0.25) is 10.0 Å². The summed E-state index contributed by atoms with van der Waals surface area (Å²) in [5, 5.41) is -0.511. The van der Waals surface area contributed by atoms with Crippen LogP contribution in [0.25, 0.3) is 0 Å². The lowest BCUT2D eigenvalue weighted by Gasteiger charge is -2.11. The van der Waals surface area contributed by atoms with E-state index in [-0.39, 0.29) is 6.61 Å². The number of carbonyl (C=O) groups is 1. The summed E-state index contributed by atoms with van der Waals surface area (Å²) in [5.74, 6) is -0.0255. The highest BCUT2D eigenvalue weighted by Gasteiger charge is 2.15. The predicted octanol–water partition coefficient (Wildman–Crippen LogP) is 1.39. The van der Waals surface area contributed by atoms with E-state index in [4.69, 9.17) is 4.74 Å². The number of methoxy groups -OCH3 is 1. The van der Waals surface area contributed by atoms with Crippen LogP contribution in [0.5, 0.6) is 5.75 Å². The van der Waals surface area contributed by atoms with Crippen LogP contribution in [0.15, 0.2) is 24.3 Å². The number of nitrogens with one attached hydrogen (secondary N) is 1. The summed E-state index contributed by atoms with van der Waals surface area (Å²) in [6, 6.07) is 6.27. The summed E-state index contributed by atoms with van der Waals surface area (Å²) < 4.78 is 35.3. The number of hydrogen-bond acceptors (Lipinski definition) is 5. The van der Waals surface area contributed by atoms with E-state index >= 15 is 0 Å². The Morgan fingerprint density at radius 1 is 1.26 bits per heavy atom. The largest absolute Gasteiger partial charge is 0.482 e. The van der Waals surface area contributed by atoms with Crippen molar-refractivity contribution in [3.8, 4) is 5.75 Å². The minimum atomic E-state index is -3.36. The van der Waals surface area contributed by atoms with Crippen LogP contribution in [0, 0.1) is 0 Å². The summed E-state index contributed by atoms with van der Waals surface area (Å²) in [5.41, 5.74) is 0.444. The molecule has 0 bridgehead atoms. The van der Waals surface area contributed by atoms with Gasteiger partial charge in [-0.3, -0.25) is 4.72 Å². The molecule has 1 aromatic carbocycles. The quantitative estimate of drug-likeness (QED) is 0.799. The Morgan fingerprint density at radius 3 is 2.32 bits per heavy atom. The normalized spacial score (nSPS) is 11.2. The molecule has 106 valence electrons. The third-order valence-electron chi connectivity index (χ3n) is 2.32. The number of rotatable bonds is 6. The SMILES string of the molecule is COC(=O)COc1ccc(NS(=O)(=O)C(C)C)cc1. The summed E-state index contributed by atoms with van der Waals surface area (Å²) in [6.45, 7) is 3.00. The molecule has 7 heteroatoms. The molecule has 19 heavy (non-hydrogen) atoms. The number of anilines is 1. The van der Waals surface area contributed by atoms with Gasteiger partial charge in [-0.1, -0.05) is 0 Å². The fraction of sp³-hybridized carbons (Fsp3) is 0.417. The zero-order valence-electron chi connectivity index (χ0n) is 11.0. The minimum Gasteiger partial charge on any atom is -0.482 e. The van der Waals surface area contributed by atoms with Crippen molar-refractivity contribution >= 4 is 21.7 Å². The fourth-order valence-electron chi connectivity index (χ4n) is 1.10. The molecule has 0 aliphatic carbocycles. The van der Waals surface area contributed by atoms with Crippen LogP contribution < -0.4 is 9.46 Å². The van der Waals surface area contributed by atoms with E-state index in [1.807, 2.05) is 0 Å². The molecule has 0 aliphatic heterocycles. The number of esters is 1. The summed E-state index contributed by atoms with van der Waals surface area (Å²) >= 11 is 0. The van der Waals surface area contributed by atoms with Gasteiger partial charge >= 0.3 is 5.97 Å². The van der Waals surface area contributed by atoms with Gasteiger partial charge in [-0.15, -0.1) is 0 Å². The summed E-state index contributed by atoms with van der Waals surface area (Å²) in [7, 11) is -2.09. The van der Waals surface area contributed by atoms with Crippen LogP contribution in [0.1, 0.15) is 13.8 Å². The van der Waals surface area contributed by atoms with Crippen molar-refractivity contribution in [1.29, 1.82) is 0 Å². The van der Waals surface area contributed by atoms with Crippen molar-refractivity contribution < 1.29 is 22.7 Å². The van der Waals surface area contributed by atoms with E-state index in [1.165, 1.54) is 7.11 Å². The first-order chi connectivity index (χ1) is 8.85. The lowest BCUT2D eigenvalue weighted by Crippen LogP contribution is -2.22. The van der Waals surface area contributed by atoms with E-state index in [0.29, 0.717) is 11.4 Å². The lowest BCUT2D eigenvalue weighted by atomic mass is 10.3. The number of carbonyl (C=O) groups excluding carboxylic acids is 1. The zero-order valence-corrected chi connectivity index (χ0v) is 11.9. The van der Waals surface area contributed by atoms with E-state index in [9.17, 15) is 13.2 Å². The molecule has 6 nitrogen and oxygen atoms in total.